The van der Waals surface area contributed by atoms with Crippen molar-refractivity contribution in [1.29, 1.82) is 0 Å². The van der Waals surface area contributed by atoms with Crippen LogP contribution in [0.3, 0.4) is 0 Å². The van der Waals surface area contributed by atoms with Gasteiger partial charge in [-0.2, -0.15) is 0 Å². The Balaban J connectivity index is 0.000000291. The van der Waals surface area contributed by atoms with Crippen LogP contribution in [-0.4, -0.2) is 31.2 Å². The average Bonchev–Trinajstić information content (AvgIpc) is 3.41. The van der Waals surface area contributed by atoms with E-state index in [2.05, 4.69) is 61.2 Å². The van der Waals surface area contributed by atoms with Gasteiger partial charge in [-0.15, -0.1) is 10.1 Å². The summed E-state index contributed by atoms with van der Waals surface area (Å²) in [6.07, 6.45) is 25.6. The summed E-state index contributed by atoms with van der Waals surface area (Å²) in [5.74, 6) is 2.65. The molecule has 1 fully saturated rings. The number of esters is 1. The highest BCUT2D eigenvalue weighted by molar-refractivity contribution is 5.87. The highest BCUT2D eigenvalue weighted by atomic mass is 16.9. The van der Waals surface area contributed by atoms with Gasteiger partial charge in [-0.3, -0.25) is 4.79 Å². The van der Waals surface area contributed by atoms with Gasteiger partial charge in [-0.1, -0.05) is 106 Å². The molecule has 10 heteroatoms. The van der Waals surface area contributed by atoms with Crippen LogP contribution >= 0.6 is 0 Å². The van der Waals surface area contributed by atoms with Gasteiger partial charge in [-0.25, -0.2) is 4.79 Å². The molecule has 0 spiro atoms. The SMILES string of the molecule is CCCC/C=C\CC1CCCCCC1/C=C/CCOc1cccc(C)c1.COc1cc(/C=C/C(=O)OCc2ccc(CO[N+](=O)[O-])cc2)ccc1OC=O. The Kier molecular flexibility index (Phi) is 20.4. The van der Waals surface area contributed by atoms with Gasteiger partial charge in [0.1, 0.15) is 19.0 Å². The molecule has 1 aliphatic carbocycles. The Hall–Kier alpha value is -5.38. The highest BCUT2D eigenvalue weighted by Crippen LogP contribution is 2.33. The van der Waals surface area contributed by atoms with E-state index < -0.39 is 11.1 Å². The fraction of sp³-hybridized carbons (Fsp3) is 0.409. The third kappa shape index (κ3) is 17.4. The van der Waals surface area contributed by atoms with Crippen molar-refractivity contribution in [1.82, 2.24) is 0 Å². The Morgan fingerprint density at radius 1 is 0.907 bits per heavy atom. The largest absolute Gasteiger partial charge is 0.493 e. The second kappa shape index (κ2) is 25.6. The molecule has 0 aliphatic heterocycles. The van der Waals surface area contributed by atoms with Gasteiger partial charge >= 0.3 is 5.97 Å². The quantitative estimate of drug-likeness (QED) is 0.0163. The number of carbonyl (C=O) groups excluding carboxylic acids is 2. The number of unbranched alkanes of at least 4 members (excludes halogenated alkanes) is 2. The van der Waals surface area contributed by atoms with Crippen LogP contribution in [0.15, 0.2) is 97.1 Å². The summed E-state index contributed by atoms with van der Waals surface area (Å²) in [7, 11) is 1.43. The van der Waals surface area contributed by atoms with Crippen LogP contribution in [-0.2, 0) is 32.4 Å². The summed E-state index contributed by atoms with van der Waals surface area (Å²) in [6.45, 7) is 5.35. The minimum Gasteiger partial charge on any atom is -0.493 e. The second-order valence-corrected chi connectivity index (χ2v) is 13.2. The number of nitrogens with zero attached hydrogens (tertiary/aromatic N) is 1. The number of hydrogen-bond acceptors (Lipinski definition) is 9. The first kappa shape index (κ1) is 43.0. The topological polar surface area (TPSA) is 123 Å². The lowest BCUT2D eigenvalue weighted by molar-refractivity contribution is -0.763. The van der Waals surface area contributed by atoms with Crippen molar-refractivity contribution in [3.8, 4) is 17.2 Å². The van der Waals surface area contributed by atoms with E-state index in [0.717, 1.165) is 36.2 Å². The van der Waals surface area contributed by atoms with E-state index in [1.807, 2.05) is 6.07 Å². The molecule has 0 radical (unpaired) electrons. The molecule has 0 aromatic heterocycles. The van der Waals surface area contributed by atoms with Crippen LogP contribution in [0.4, 0.5) is 0 Å². The predicted molar refractivity (Wildman–Crippen MR) is 211 cm³/mol. The van der Waals surface area contributed by atoms with Crippen molar-refractivity contribution in [2.75, 3.05) is 13.7 Å². The van der Waals surface area contributed by atoms with E-state index in [-0.39, 0.29) is 19.0 Å². The monoisotopic (exact) mass is 741 g/mol. The Morgan fingerprint density at radius 2 is 1.69 bits per heavy atom. The van der Waals surface area contributed by atoms with E-state index in [1.54, 1.807) is 42.5 Å². The summed E-state index contributed by atoms with van der Waals surface area (Å²) in [6, 6.07) is 19.8. The summed E-state index contributed by atoms with van der Waals surface area (Å²) in [4.78, 5) is 36.7. The maximum atomic E-state index is 11.9. The van der Waals surface area contributed by atoms with Crippen molar-refractivity contribution in [2.24, 2.45) is 11.8 Å². The molecule has 10 nitrogen and oxygen atoms in total. The third-order valence-electron chi connectivity index (χ3n) is 8.99. The van der Waals surface area contributed by atoms with Crippen molar-refractivity contribution >= 4 is 18.5 Å². The summed E-state index contributed by atoms with van der Waals surface area (Å²) in [5, 5.41) is 9.29. The molecule has 1 saturated carbocycles. The molecule has 290 valence electrons. The minimum absolute atomic E-state index is 0.0506. The summed E-state index contributed by atoms with van der Waals surface area (Å²) >= 11 is 0. The van der Waals surface area contributed by atoms with Crippen molar-refractivity contribution in [2.45, 2.75) is 91.3 Å². The molecule has 0 bridgehead atoms. The van der Waals surface area contributed by atoms with Crippen LogP contribution in [0.25, 0.3) is 6.08 Å². The zero-order valence-electron chi connectivity index (χ0n) is 31.9. The maximum Gasteiger partial charge on any atom is 0.331 e. The molecule has 0 saturated heterocycles. The second-order valence-electron chi connectivity index (χ2n) is 13.2. The molecule has 0 heterocycles. The molecular formula is C44H55NO9. The van der Waals surface area contributed by atoms with E-state index in [0.29, 0.717) is 23.3 Å². The molecule has 3 aromatic rings. The van der Waals surface area contributed by atoms with Crippen LogP contribution < -0.4 is 14.2 Å². The molecule has 0 amide bonds. The van der Waals surface area contributed by atoms with Crippen molar-refractivity contribution in [3.05, 3.63) is 129 Å². The number of allylic oxidation sites excluding steroid dienone is 3. The van der Waals surface area contributed by atoms with Gasteiger partial charge in [0.15, 0.2) is 11.5 Å². The van der Waals surface area contributed by atoms with Gasteiger partial charge in [0.25, 0.3) is 11.6 Å². The lowest BCUT2D eigenvalue weighted by atomic mass is 9.85. The normalized spacial score (nSPS) is 15.6. The fourth-order valence-electron chi connectivity index (χ4n) is 6.05. The molecule has 2 atom stereocenters. The Bertz CT molecular complexity index is 1650. The Labute approximate surface area is 319 Å². The summed E-state index contributed by atoms with van der Waals surface area (Å²) < 4.78 is 20.9. The molecule has 54 heavy (non-hydrogen) atoms. The highest BCUT2D eigenvalue weighted by Gasteiger charge is 2.20. The molecule has 2 unspecified atom stereocenters. The smallest absolute Gasteiger partial charge is 0.331 e. The van der Waals surface area contributed by atoms with Gasteiger partial charge in [0.05, 0.1) is 13.7 Å². The van der Waals surface area contributed by atoms with E-state index in [4.69, 9.17) is 18.9 Å². The van der Waals surface area contributed by atoms with Gasteiger partial charge in [0, 0.05) is 6.08 Å². The number of benzene rings is 3. The van der Waals surface area contributed by atoms with E-state index in [1.165, 1.54) is 82.6 Å². The Morgan fingerprint density at radius 3 is 2.41 bits per heavy atom. The van der Waals surface area contributed by atoms with Crippen molar-refractivity contribution in [3.63, 3.8) is 0 Å². The van der Waals surface area contributed by atoms with E-state index in [9.17, 15) is 19.7 Å². The van der Waals surface area contributed by atoms with Gasteiger partial charge in [-0.05, 0) is 103 Å². The first-order chi connectivity index (χ1) is 26.3. The molecule has 3 aromatic carbocycles. The number of ether oxygens (including phenoxy) is 4. The molecule has 0 N–H and O–H groups in total. The van der Waals surface area contributed by atoms with Crippen LogP contribution in [0, 0.1) is 28.9 Å². The van der Waals surface area contributed by atoms with Crippen LogP contribution in [0.2, 0.25) is 0 Å². The maximum absolute atomic E-state index is 11.9. The number of aryl methyl sites for hydroxylation is 1. The number of hydrogen-bond donors (Lipinski definition) is 0. The molecule has 1 aliphatic rings. The first-order valence-electron chi connectivity index (χ1n) is 18.8. The number of methoxy groups -OCH3 is 1. The predicted octanol–water partition coefficient (Wildman–Crippen LogP) is 10.3. The van der Waals surface area contributed by atoms with Crippen LogP contribution in [0.1, 0.15) is 93.4 Å². The zero-order valence-corrected chi connectivity index (χ0v) is 31.9. The van der Waals surface area contributed by atoms with Gasteiger partial charge < -0.3 is 23.8 Å². The number of rotatable bonds is 20. The minimum atomic E-state index is -0.861. The third-order valence-corrected chi connectivity index (χ3v) is 8.99. The average molecular weight is 742 g/mol. The lowest BCUT2D eigenvalue weighted by Crippen LogP contribution is -2.10. The zero-order chi connectivity index (χ0) is 38.8. The van der Waals surface area contributed by atoms with Crippen LogP contribution in [0.5, 0.6) is 17.2 Å². The van der Waals surface area contributed by atoms with Gasteiger partial charge in [0.2, 0.25) is 0 Å². The molecular weight excluding hydrogens is 686 g/mol. The summed E-state index contributed by atoms with van der Waals surface area (Å²) in [5.41, 5.74) is 3.26. The lowest BCUT2D eigenvalue weighted by Gasteiger charge is -2.21. The standard InChI is InChI=1S/C25H38O.C19H17NO8/c1-3-4-5-6-8-15-23-16-9-7-10-17-24(23)18-11-12-20-26-25-19-13-14-22(2)21-25;1-25-18-10-14(6-8-17(18)27-13-21)7-9-19(22)26-11-15-2-4-16(5-3-15)12-28-20(23)24/h6,8,11,13-14,18-19,21,23-24H,3-5,7,9-10,12,15-17,20H2,1-2H3;2-10,13H,11-12H2,1H3/b8-6-,18-11+;9-7+. The fourth-order valence-corrected chi connectivity index (χ4v) is 6.05. The van der Waals surface area contributed by atoms with Crippen molar-refractivity contribution < 1.29 is 38.5 Å². The first-order valence-corrected chi connectivity index (χ1v) is 18.8. The molecule has 4 rings (SSSR count). The van der Waals surface area contributed by atoms with E-state index >= 15 is 0 Å². The number of carbonyl (C=O) groups is 2.